The molecule has 3 N–H and O–H groups in total. The Kier molecular flexibility index (Phi) is 8.06. The minimum absolute atomic E-state index is 0.0463. The molecule has 39 heavy (non-hydrogen) atoms. The molecule has 2 fully saturated rings. The summed E-state index contributed by atoms with van der Waals surface area (Å²) in [5.74, 6) is -0.419. The van der Waals surface area contributed by atoms with E-state index in [-0.39, 0.29) is 37.3 Å². The largest absolute Gasteiger partial charge is 0.444 e. The van der Waals surface area contributed by atoms with Gasteiger partial charge in [0, 0.05) is 34.4 Å². The highest BCUT2D eigenvalue weighted by Crippen LogP contribution is 2.45. The fourth-order valence-corrected chi connectivity index (χ4v) is 9.09. The zero-order valence-corrected chi connectivity index (χ0v) is 23.1. The van der Waals surface area contributed by atoms with Gasteiger partial charge in [-0.2, -0.15) is 0 Å². The van der Waals surface area contributed by atoms with Crippen molar-refractivity contribution in [2.45, 2.75) is 55.7 Å². The summed E-state index contributed by atoms with van der Waals surface area (Å²) >= 11 is 1.30. The Balaban J connectivity index is 1.41. The normalized spacial score (nSPS) is 21.7. The third-order valence-electron chi connectivity index (χ3n) is 7.74. The van der Waals surface area contributed by atoms with Crippen molar-refractivity contribution in [1.82, 2.24) is 20.7 Å². The van der Waals surface area contributed by atoms with Crippen LogP contribution in [0.3, 0.4) is 0 Å². The first-order chi connectivity index (χ1) is 18.8. The number of carbonyl (C=O) groups excluding carboxylic acids is 2. The van der Waals surface area contributed by atoms with E-state index in [0.29, 0.717) is 10.6 Å². The second-order valence-corrected chi connectivity index (χ2v) is 13.7. The molecule has 0 spiro atoms. The van der Waals surface area contributed by atoms with Crippen LogP contribution >= 0.6 is 11.3 Å². The predicted octanol–water partition coefficient (Wildman–Crippen LogP) is 4.32. The molecule has 3 amide bonds. The first kappa shape index (κ1) is 27.4. The number of amides is 3. The van der Waals surface area contributed by atoms with E-state index < -0.39 is 26.9 Å². The van der Waals surface area contributed by atoms with Crippen molar-refractivity contribution in [3.05, 3.63) is 53.9 Å². The molecule has 3 aromatic rings. The Morgan fingerprint density at radius 3 is 2.51 bits per heavy atom. The van der Waals surface area contributed by atoms with Gasteiger partial charge in [0.05, 0.1) is 18.4 Å². The number of thiophene rings is 1. The van der Waals surface area contributed by atoms with Crippen LogP contribution in [-0.4, -0.2) is 60.3 Å². The van der Waals surface area contributed by atoms with Gasteiger partial charge in [-0.05, 0) is 37.0 Å². The second-order valence-electron chi connectivity index (χ2n) is 10.2. The molecule has 0 radical (unpaired) electrons. The number of sulfone groups is 1. The van der Waals surface area contributed by atoms with E-state index >= 15 is 0 Å². The second kappa shape index (κ2) is 11.5. The van der Waals surface area contributed by atoms with E-state index in [2.05, 4.69) is 10.3 Å². The zero-order chi connectivity index (χ0) is 27.5. The van der Waals surface area contributed by atoms with Crippen LogP contribution in [-0.2, 0) is 19.4 Å². The number of hydrogen-bond acceptors (Lipinski definition) is 8. The van der Waals surface area contributed by atoms with Crippen LogP contribution in [0.2, 0.25) is 0 Å². The quantitative estimate of drug-likeness (QED) is 0.295. The van der Waals surface area contributed by atoms with Crippen LogP contribution in [0, 0.1) is 0 Å². The van der Waals surface area contributed by atoms with Gasteiger partial charge in [0.2, 0.25) is 5.91 Å². The smallest absolute Gasteiger partial charge is 0.317 e. The van der Waals surface area contributed by atoms with Gasteiger partial charge < -0.3 is 14.6 Å². The van der Waals surface area contributed by atoms with Crippen molar-refractivity contribution in [3.63, 3.8) is 0 Å². The van der Waals surface area contributed by atoms with Crippen molar-refractivity contribution in [1.29, 1.82) is 0 Å². The molecule has 2 aromatic heterocycles. The summed E-state index contributed by atoms with van der Waals surface area (Å²) in [7, 11) is -3.89. The van der Waals surface area contributed by atoms with Crippen LogP contribution in [0.25, 0.3) is 21.8 Å². The van der Waals surface area contributed by atoms with Crippen LogP contribution < -0.4 is 10.8 Å². The van der Waals surface area contributed by atoms with Crippen LogP contribution in [0.4, 0.5) is 4.79 Å². The minimum atomic E-state index is -3.89. The zero-order valence-electron chi connectivity index (χ0n) is 21.5. The lowest BCUT2D eigenvalue weighted by molar-refractivity contribution is -0.129. The number of aromatic nitrogens is 1. The summed E-state index contributed by atoms with van der Waals surface area (Å²) in [6.45, 7) is 0.223. The highest BCUT2D eigenvalue weighted by molar-refractivity contribution is 7.92. The van der Waals surface area contributed by atoms with E-state index in [0.717, 1.165) is 48.1 Å². The number of nitrogens with one attached hydrogen (secondary N) is 2. The molecule has 1 unspecified atom stereocenters. The van der Waals surface area contributed by atoms with Gasteiger partial charge in [0.15, 0.2) is 22.0 Å². The molecule has 1 aromatic carbocycles. The van der Waals surface area contributed by atoms with Gasteiger partial charge in [-0.25, -0.2) is 23.7 Å². The lowest BCUT2D eigenvalue weighted by atomic mass is 9.95. The molecule has 1 saturated carbocycles. The fourth-order valence-electron chi connectivity index (χ4n) is 5.48. The van der Waals surface area contributed by atoms with E-state index in [1.54, 1.807) is 22.6 Å². The lowest BCUT2D eigenvalue weighted by Gasteiger charge is -2.30. The minimum Gasteiger partial charge on any atom is -0.444 e. The molecule has 208 valence electrons. The van der Waals surface area contributed by atoms with Gasteiger partial charge in [-0.1, -0.05) is 43.5 Å². The third kappa shape index (κ3) is 5.73. The SMILES string of the molecule is O=C(CC1(c2ccc(-c3ccc(-c4cnco4)cc3)s2)CCN(C(=O)NC2CCCCC2)CCS1(=O)=O)NO. The maximum Gasteiger partial charge on any atom is 0.317 e. The summed E-state index contributed by atoms with van der Waals surface area (Å²) in [6.07, 6.45) is 7.77. The number of oxazole rings is 1. The molecule has 1 aliphatic heterocycles. The van der Waals surface area contributed by atoms with Crippen LogP contribution in [0.1, 0.15) is 49.8 Å². The first-order valence-electron chi connectivity index (χ1n) is 13.1. The molecular formula is C27H32N4O6S2. The predicted molar refractivity (Wildman–Crippen MR) is 147 cm³/mol. The maximum absolute atomic E-state index is 13.8. The molecule has 5 rings (SSSR count). The molecule has 3 heterocycles. The molecule has 2 aliphatic rings. The highest BCUT2D eigenvalue weighted by atomic mass is 32.2. The van der Waals surface area contributed by atoms with Crippen molar-refractivity contribution in [2.75, 3.05) is 18.8 Å². The van der Waals surface area contributed by atoms with Crippen molar-refractivity contribution in [3.8, 4) is 21.8 Å². The summed E-state index contributed by atoms with van der Waals surface area (Å²) < 4.78 is 31.4. The number of rotatable bonds is 6. The van der Waals surface area contributed by atoms with Gasteiger partial charge >= 0.3 is 6.03 Å². The monoisotopic (exact) mass is 572 g/mol. The Labute approximate surface area is 231 Å². The average molecular weight is 573 g/mol. The van der Waals surface area contributed by atoms with Crippen LogP contribution in [0.5, 0.6) is 0 Å². The number of urea groups is 1. The van der Waals surface area contributed by atoms with E-state index in [9.17, 15) is 23.2 Å². The summed E-state index contributed by atoms with van der Waals surface area (Å²) in [5, 5.41) is 12.4. The van der Waals surface area contributed by atoms with E-state index in [4.69, 9.17) is 4.42 Å². The Hall–Kier alpha value is -3.22. The van der Waals surface area contributed by atoms with E-state index in [1.165, 1.54) is 17.7 Å². The summed E-state index contributed by atoms with van der Waals surface area (Å²) in [6, 6.07) is 11.1. The molecule has 10 nitrogen and oxygen atoms in total. The standard InChI is InChI=1S/C27H32N4O6S2/c32-25(30-34)16-27(12-13-31(14-15-39(27,35)36)26(33)29-21-4-2-1-3-5-21)24-11-10-23(38-24)20-8-6-19(7-9-20)22-17-28-18-37-22/h6-11,17-18,21,34H,1-5,12-16H2,(H,29,33)(H,30,32). The maximum atomic E-state index is 13.8. The van der Waals surface area contributed by atoms with Crippen molar-refractivity contribution < 1.29 is 27.6 Å². The number of hydrogen-bond donors (Lipinski definition) is 3. The number of nitrogens with zero attached hydrogens (tertiary/aromatic N) is 2. The number of benzene rings is 1. The average Bonchev–Trinajstić information content (AvgIpc) is 3.64. The van der Waals surface area contributed by atoms with Gasteiger partial charge in [-0.3, -0.25) is 10.0 Å². The molecular weight excluding hydrogens is 540 g/mol. The topological polar surface area (TPSA) is 142 Å². The Morgan fingerprint density at radius 2 is 1.82 bits per heavy atom. The van der Waals surface area contributed by atoms with Gasteiger partial charge in [-0.15, -0.1) is 11.3 Å². The van der Waals surface area contributed by atoms with E-state index in [1.807, 2.05) is 30.3 Å². The molecule has 1 atom stereocenters. The van der Waals surface area contributed by atoms with Crippen molar-refractivity contribution in [2.24, 2.45) is 0 Å². The number of hydroxylamine groups is 1. The molecule has 12 heteroatoms. The summed E-state index contributed by atoms with van der Waals surface area (Å²) in [5.41, 5.74) is 3.35. The van der Waals surface area contributed by atoms with Crippen LogP contribution in [0.15, 0.2) is 53.4 Å². The fraction of sp³-hybridized carbons (Fsp3) is 0.444. The molecule has 0 bridgehead atoms. The van der Waals surface area contributed by atoms with Gasteiger partial charge in [0.25, 0.3) is 0 Å². The number of carbonyl (C=O) groups is 2. The highest BCUT2D eigenvalue weighted by Gasteiger charge is 2.50. The van der Waals surface area contributed by atoms with Crippen molar-refractivity contribution >= 4 is 33.1 Å². The first-order valence-corrected chi connectivity index (χ1v) is 15.6. The summed E-state index contributed by atoms with van der Waals surface area (Å²) in [4.78, 5) is 32.3. The Morgan fingerprint density at radius 1 is 1.08 bits per heavy atom. The molecule has 1 saturated heterocycles. The Bertz CT molecular complexity index is 1400. The third-order valence-corrected chi connectivity index (χ3v) is 11.7. The lowest BCUT2D eigenvalue weighted by Crippen LogP contribution is -2.46. The van der Waals surface area contributed by atoms with Gasteiger partial charge in [0.1, 0.15) is 4.75 Å². The molecule has 1 aliphatic carbocycles.